The minimum absolute atomic E-state index is 0.0114. The van der Waals surface area contributed by atoms with Gasteiger partial charge < -0.3 is 9.80 Å². The van der Waals surface area contributed by atoms with Crippen LogP contribution in [0.25, 0.3) is 0 Å². The Hall–Kier alpha value is -2.63. The largest absolute Gasteiger partial charge is 0.335 e. The smallest absolute Gasteiger partial charge is 0.272 e. The Kier molecular flexibility index (Phi) is 5.16. The van der Waals surface area contributed by atoms with E-state index in [9.17, 15) is 9.59 Å². The zero-order valence-corrected chi connectivity index (χ0v) is 14.8. The van der Waals surface area contributed by atoms with E-state index in [0.717, 1.165) is 12.0 Å². The van der Waals surface area contributed by atoms with Crippen LogP contribution in [0.2, 0.25) is 0 Å². The Labute approximate surface area is 148 Å². The van der Waals surface area contributed by atoms with Crippen LogP contribution in [0, 0.1) is 6.92 Å². The molecule has 0 bridgehead atoms. The Balaban J connectivity index is 1.64. The summed E-state index contributed by atoms with van der Waals surface area (Å²) >= 11 is 0. The predicted molar refractivity (Wildman–Crippen MR) is 95.0 cm³/mol. The molecule has 25 heavy (non-hydrogen) atoms. The van der Waals surface area contributed by atoms with Gasteiger partial charge in [-0.2, -0.15) is 5.10 Å². The molecule has 0 aliphatic carbocycles. The van der Waals surface area contributed by atoms with Gasteiger partial charge in [-0.1, -0.05) is 36.8 Å². The average Bonchev–Trinajstić information content (AvgIpc) is 3.05. The van der Waals surface area contributed by atoms with Crippen molar-refractivity contribution >= 4 is 11.8 Å². The van der Waals surface area contributed by atoms with Crippen LogP contribution >= 0.6 is 0 Å². The van der Waals surface area contributed by atoms with E-state index < -0.39 is 0 Å². The van der Waals surface area contributed by atoms with Crippen LogP contribution in [0.3, 0.4) is 0 Å². The van der Waals surface area contributed by atoms with Crippen LogP contribution in [0.1, 0.15) is 35.0 Å². The highest BCUT2D eigenvalue weighted by Gasteiger charge is 2.29. The van der Waals surface area contributed by atoms with Crippen LogP contribution < -0.4 is 0 Å². The zero-order chi connectivity index (χ0) is 17.8. The van der Waals surface area contributed by atoms with E-state index >= 15 is 0 Å². The van der Waals surface area contributed by atoms with E-state index in [2.05, 4.69) is 11.2 Å². The molecule has 2 heterocycles. The zero-order valence-electron chi connectivity index (χ0n) is 14.8. The SMILES string of the molecule is CCCn1nccc1C(=O)N1CCN(Cc2cccc(C)c2)C(=O)C1. The summed E-state index contributed by atoms with van der Waals surface area (Å²) < 4.78 is 1.71. The monoisotopic (exact) mass is 340 g/mol. The Morgan fingerprint density at radius 2 is 2.08 bits per heavy atom. The molecule has 1 fully saturated rings. The third-order valence-electron chi connectivity index (χ3n) is 4.43. The molecule has 0 atom stereocenters. The number of rotatable bonds is 5. The van der Waals surface area contributed by atoms with Gasteiger partial charge >= 0.3 is 0 Å². The molecule has 1 aliphatic heterocycles. The van der Waals surface area contributed by atoms with Gasteiger partial charge in [0, 0.05) is 32.4 Å². The normalized spacial score (nSPS) is 14.9. The van der Waals surface area contributed by atoms with Crippen LogP contribution in [-0.4, -0.2) is 51.0 Å². The van der Waals surface area contributed by atoms with E-state index in [1.54, 1.807) is 21.8 Å². The highest BCUT2D eigenvalue weighted by Crippen LogP contribution is 2.14. The molecule has 132 valence electrons. The predicted octanol–water partition coefficient (Wildman–Crippen LogP) is 2.09. The van der Waals surface area contributed by atoms with Crippen molar-refractivity contribution in [2.75, 3.05) is 19.6 Å². The van der Waals surface area contributed by atoms with Gasteiger partial charge in [-0.3, -0.25) is 14.3 Å². The number of piperazine rings is 1. The van der Waals surface area contributed by atoms with Crippen LogP contribution in [0.4, 0.5) is 0 Å². The fourth-order valence-electron chi connectivity index (χ4n) is 3.15. The van der Waals surface area contributed by atoms with Crippen LogP contribution in [-0.2, 0) is 17.9 Å². The summed E-state index contributed by atoms with van der Waals surface area (Å²) in [6, 6.07) is 9.89. The Bertz CT molecular complexity index is 768. The van der Waals surface area contributed by atoms with Crippen molar-refractivity contribution in [2.24, 2.45) is 0 Å². The van der Waals surface area contributed by atoms with Crippen molar-refractivity contribution in [3.05, 3.63) is 53.3 Å². The number of amides is 2. The molecule has 3 rings (SSSR count). The molecule has 0 radical (unpaired) electrons. The molecule has 1 aromatic carbocycles. The second-order valence-electron chi connectivity index (χ2n) is 6.47. The van der Waals surface area contributed by atoms with Gasteiger partial charge in [0.15, 0.2) is 0 Å². The maximum atomic E-state index is 12.7. The third kappa shape index (κ3) is 3.90. The Morgan fingerprint density at radius 3 is 2.80 bits per heavy atom. The first-order chi connectivity index (χ1) is 12.1. The molecule has 6 heteroatoms. The molecule has 0 saturated carbocycles. The maximum absolute atomic E-state index is 12.7. The summed E-state index contributed by atoms with van der Waals surface area (Å²) in [5, 5.41) is 4.19. The molecular formula is C19H24N4O2. The molecule has 6 nitrogen and oxygen atoms in total. The number of hydrogen-bond acceptors (Lipinski definition) is 3. The summed E-state index contributed by atoms with van der Waals surface area (Å²) in [7, 11) is 0. The molecule has 2 amide bonds. The van der Waals surface area contributed by atoms with Gasteiger partial charge in [0.25, 0.3) is 5.91 Å². The van der Waals surface area contributed by atoms with Gasteiger partial charge in [-0.15, -0.1) is 0 Å². The second kappa shape index (κ2) is 7.51. The summed E-state index contributed by atoms with van der Waals surface area (Å²) in [5.74, 6) is -0.128. The number of nitrogens with zero attached hydrogens (tertiary/aromatic N) is 4. The summed E-state index contributed by atoms with van der Waals surface area (Å²) in [6.07, 6.45) is 2.55. The number of aryl methyl sites for hydroxylation is 2. The molecule has 0 unspecified atom stereocenters. The van der Waals surface area contributed by atoms with Gasteiger partial charge in [0.2, 0.25) is 5.91 Å². The van der Waals surface area contributed by atoms with Crippen molar-refractivity contribution in [3.8, 4) is 0 Å². The summed E-state index contributed by atoms with van der Waals surface area (Å²) in [6.45, 7) is 6.62. The first-order valence-corrected chi connectivity index (χ1v) is 8.73. The highest BCUT2D eigenvalue weighted by atomic mass is 16.2. The lowest BCUT2D eigenvalue weighted by molar-refractivity contribution is -0.135. The lowest BCUT2D eigenvalue weighted by Gasteiger charge is -2.34. The number of hydrogen-bond donors (Lipinski definition) is 0. The molecule has 2 aromatic rings. The van der Waals surface area contributed by atoms with Crippen molar-refractivity contribution in [2.45, 2.75) is 33.4 Å². The van der Waals surface area contributed by atoms with Gasteiger partial charge in [0.1, 0.15) is 12.2 Å². The topological polar surface area (TPSA) is 58.4 Å². The van der Waals surface area contributed by atoms with Gasteiger partial charge in [0.05, 0.1) is 0 Å². The number of aromatic nitrogens is 2. The van der Waals surface area contributed by atoms with Crippen molar-refractivity contribution in [3.63, 3.8) is 0 Å². The number of carbonyl (C=O) groups is 2. The van der Waals surface area contributed by atoms with Gasteiger partial charge in [-0.05, 0) is 25.0 Å². The van der Waals surface area contributed by atoms with E-state index in [1.165, 1.54) is 5.56 Å². The quantitative estimate of drug-likeness (QED) is 0.837. The minimum Gasteiger partial charge on any atom is -0.335 e. The first kappa shape index (κ1) is 17.2. The average molecular weight is 340 g/mol. The van der Waals surface area contributed by atoms with E-state index in [-0.39, 0.29) is 18.4 Å². The molecule has 1 aliphatic rings. The molecule has 1 aromatic heterocycles. The standard InChI is InChI=1S/C19H24N4O2/c1-3-9-23-17(7-8-20-23)19(25)22-11-10-21(18(24)14-22)13-16-6-4-5-15(2)12-16/h4-8,12H,3,9-11,13-14H2,1-2H3. The van der Waals surface area contributed by atoms with Crippen LogP contribution in [0.5, 0.6) is 0 Å². The van der Waals surface area contributed by atoms with E-state index in [4.69, 9.17) is 0 Å². The Morgan fingerprint density at radius 1 is 1.24 bits per heavy atom. The van der Waals surface area contributed by atoms with E-state index in [0.29, 0.717) is 31.9 Å². The van der Waals surface area contributed by atoms with Crippen molar-refractivity contribution in [1.29, 1.82) is 0 Å². The van der Waals surface area contributed by atoms with Crippen molar-refractivity contribution in [1.82, 2.24) is 19.6 Å². The fourth-order valence-corrected chi connectivity index (χ4v) is 3.15. The highest BCUT2D eigenvalue weighted by molar-refractivity contribution is 5.95. The second-order valence-corrected chi connectivity index (χ2v) is 6.47. The van der Waals surface area contributed by atoms with Gasteiger partial charge in [-0.25, -0.2) is 0 Å². The lowest BCUT2D eigenvalue weighted by atomic mass is 10.1. The first-order valence-electron chi connectivity index (χ1n) is 8.73. The lowest BCUT2D eigenvalue weighted by Crippen LogP contribution is -2.52. The maximum Gasteiger partial charge on any atom is 0.272 e. The summed E-state index contributed by atoms with van der Waals surface area (Å²) in [4.78, 5) is 28.6. The van der Waals surface area contributed by atoms with E-state index in [1.807, 2.05) is 36.9 Å². The molecule has 1 saturated heterocycles. The third-order valence-corrected chi connectivity index (χ3v) is 4.43. The number of benzene rings is 1. The molecule has 0 N–H and O–H groups in total. The van der Waals surface area contributed by atoms with Crippen LogP contribution in [0.15, 0.2) is 36.5 Å². The molecular weight excluding hydrogens is 316 g/mol. The summed E-state index contributed by atoms with van der Waals surface area (Å²) in [5.41, 5.74) is 2.86. The van der Waals surface area contributed by atoms with Crippen molar-refractivity contribution < 1.29 is 9.59 Å². The minimum atomic E-state index is -0.116. The molecule has 0 spiro atoms. The fraction of sp³-hybridized carbons (Fsp3) is 0.421. The number of carbonyl (C=O) groups excluding carboxylic acids is 2.